The van der Waals surface area contributed by atoms with E-state index in [0.29, 0.717) is 17.6 Å². The average Bonchev–Trinajstić information content (AvgIpc) is 2.90. The van der Waals surface area contributed by atoms with Crippen molar-refractivity contribution in [2.45, 2.75) is 17.5 Å². The van der Waals surface area contributed by atoms with Crippen molar-refractivity contribution in [2.24, 2.45) is 0 Å². The highest BCUT2D eigenvalue weighted by atomic mass is 32.2. The normalized spacial score (nSPS) is 13.6. The Bertz CT molecular complexity index is 676. The van der Waals surface area contributed by atoms with Gasteiger partial charge in [-0.2, -0.15) is 0 Å². The van der Waals surface area contributed by atoms with E-state index in [-0.39, 0.29) is 19.3 Å². The number of aliphatic hydroxyl groups excluding tert-OH is 1. The molecule has 0 spiro atoms. The van der Waals surface area contributed by atoms with Crippen LogP contribution in [0.25, 0.3) is 11.2 Å². The lowest BCUT2D eigenvalue weighted by atomic mass is 10.2. The Hall–Kier alpha value is -1.03. The van der Waals surface area contributed by atoms with Crippen LogP contribution in [0, 0.1) is 0 Å². The fourth-order valence-corrected chi connectivity index (χ4v) is 2.83. The van der Waals surface area contributed by atoms with Crippen LogP contribution in [0.5, 0.6) is 0 Å². The highest BCUT2D eigenvalue weighted by Crippen LogP contribution is 2.34. The molecule has 0 fully saturated rings. The summed E-state index contributed by atoms with van der Waals surface area (Å²) in [5, 5.41) is 10.3. The molecule has 0 radical (unpaired) electrons. The monoisotopic (exact) mass is 348 g/mol. The molecule has 0 saturated carbocycles. The van der Waals surface area contributed by atoms with E-state index in [0.717, 1.165) is 5.03 Å². The molecular formula is C11H17N4O5PS. The summed E-state index contributed by atoms with van der Waals surface area (Å²) in [6.45, 7) is -0.0557. The van der Waals surface area contributed by atoms with Gasteiger partial charge in [0.15, 0.2) is 5.65 Å². The fraction of sp³-hybridized carbons (Fsp3) is 0.545. The van der Waals surface area contributed by atoms with Crippen molar-refractivity contribution >= 4 is 30.5 Å². The summed E-state index contributed by atoms with van der Waals surface area (Å²) in [6, 6.07) is -0.341. The Kier molecular flexibility index (Phi) is 5.90. The van der Waals surface area contributed by atoms with Crippen molar-refractivity contribution in [2.75, 3.05) is 25.8 Å². The number of nitrogens with zero attached hydrogens (tertiary/aromatic N) is 4. The molecular weight excluding hydrogens is 331 g/mol. The van der Waals surface area contributed by atoms with Crippen LogP contribution < -0.4 is 0 Å². The van der Waals surface area contributed by atoms with E-state index in [2.05, 4.69) is 15.0 Å². The van der Waals surface area contributed by atoms with Crippen LogP contribution in [-0.2, 0) is 9.30 Å². The molecule has 0 saturated heterocycles. The molecule has 2 aromatic heterocycles. The number of ether oxygens (including phenoxy) is 1. The topological polar surface area (TPSA) is 131 Å². The first-order chi connectivity index (χ1) is 10.5. The molecule has 22 heavy (non-hydrogen) atoms. The van der Waals surface area contributed by atoms with Gasteiger partial charge in [0.2, 0.25) is 0 Å². The summed E-state index contributed by atoms with van der Waals surface area (Å²) in [6.07, 6.45) is 4.64. The molecule has 2 heterocycles. The number of thioether (sulfide) groups is 1. The maximum Gasteiger partial charge on any atom is 0.350 e. The maximum atomic E-state index is 10.7. The van der Waals surface area contributed by atoms with Gasteiger partial charge < -0.3 is 24.2 Å². The Morgan fingerprint density at radius 1 is 1.41 bits per heavy atom. The molecule has 3 N–H and O–H groups in total. The molecule has 9 nitrogen and oxygen atoms in total. The standard InChI is InChI=1S/C11H17N4O5PS/c1-22-11-9-10(12-5-13-11)15(6-14-9)8(4-16)2-3-20-7-21(17,18)19/h5-6,8,16H,2-4,7H2,1H3,(H2,17,18,19). The van der Waals surface area contributed by atoms with Gasteiger partial charge in [0.25, 0.3) is 0 Å². The number of hydrogen-bond donors (Lipinski definition) is 3. The van der Waals surface area contributed by atoms with Gasteiger partial charge in [-0.3, -0.25) is 4.57 Å². The van der Waals surface area contributed by atoms with E-state index in [4.69, 9.17) is 14.5 Å². The largest absolute Gasteiger partial charge is 0.394 e. The lowest BCUT2D eigenvalue weighted by Gasteiger charge is -2.16. The van der Waals surface area contributed by atoms with Crippen LogP contribution in [0.4, 0.5) is 0 Å². The first kappa shape index (κ1) is 17.3. The molecule has 0 aliphatic heterocycles. The van der Waals surface area contributed by atoms with Crippen LogP contribution in [-0.4, -0.2) is 60.2 Å². The van der Waals surface area contributed by atoms with Gasteiger partial charge in [-0.25, -0.2) is 15.0 Å². The Morgan fingerprint density at radius 2 is 2.18 bits per heavy atom. The number of imidazole rings is 1. The molecule has 0 bridgehead atoms. The second kappa shape index (κ2) is 7.49. The van der Waals surface area contributed by atoms with Crippen molar-refractivity contribution in [3.8, 4) is 0 Å². The SMILES string of the molecule is CSc1ncnc2c1ncn2C(CO)CCOCP(=O)(O)O. The van der Waals surface area contributed by atoms with E-state index >= 15 is 0 Å². The number of aliphatic hydroxyl groups is 1. The summed E-state index contributed by atoms with van der Waals surface area (Å²) in [7, 11) is -4.17. The molecule has 1 atom stereocenters. The van der Waals surface area contributed by atoms with Crippen molar-refractivity contribution in [3.05, 3.63) is 12.7 Å². The molecule has 11 heteroatoms. The van der Waals surface area contributed by atoms with Crippen LogP contribution in [0.15, 0.2) is 17.7 Å². The number of fused-ring (bicyclic) bond motifs is 1. The summed E-state index contributed by atoms with van der Waals surface area (Å²) >= 11 is 1.45. The van der Waals surface area contributed by atoms with Crippen molar-refractivity contribution in [3.63, 3.8) is 0 Å². The molecule has 0 aliphatic rings. The van der Waals surface area contributed by atoms with Gasteiger partial charge >= 0.3 is 7.60 Å². The van der Waals surface area contributed by atoms with Gasteiger partial charge in [-0.1, -0.05) is 0 Å². The smallest absolute Gasteiger partial charge is 0.350 e. The summed E-state index contributed by atoms with van der Waals surface area (Å²) in [5.41, 5.74) is 1.26. The third-order valence-corrected chi connectivity index (χ3v) is 4.18. The fourth-order valence-electron chi connectivity index (χ4n) is 1.97. The van der Waals surface area contributed by atoms with Crippen LogP contribution in [0.3, 0.4) is 0 Å². The van der Waals surface area contributed by atoms with E-state index in [1.54, 1.807) is 10.9 Å². The van der Waals surface area contributed by atoms with Crippen molar-refractivity contribution < 1.29 is 24.2 Å². The lowest BCUT2D eigenvalue weighted by molar-refractivity contribution is 0.127. The first-order valence-corrected chi connectivity index (χ1v) is 9.43. The summed E-state index contributed by atoms with van der Waals surface area (Å²) in [5.74, 6) is 0. The molecule has 2 aromatic rings. The van der Waals surface area contributed by atoms with E-state index < -0.39 is 13.9 Å². The van der Waals surface area contributed by atoms with Crippen molar-refractivity contribution in [1.82, 2.24) is 19.5 Å². The Balaban J connectivity index is 2.09. The van der Waals surface area contributed by atoms with Crippen molar-refractivity contribution in [1.29, 1.82) is 0 Å². The Labute approximate surface area is 130 Å². The summed E-state index contributed by atoms with van der Waals surface area (Å²) in [4.78, 5) is 30.0. The van der Waals surface area contributed by atoms with E-state index in [9.17, 15) is 9.67 Å². The van der Waals surface area contributed by atoms with Crippen LogP contribution in [0.1, 0.15) is 12.5 Å². The minimum absolute atomic E-state index is 0.108. The maximum absolute atomic E-state index is 10.7. The average molecular weight is 348 g/mol. The van der Waals surface area contributed by atoms with Gasteiger partial charge in [-0.05, 0) is 12.7 Å². The molecule has 0 amide bonds. The quantitative estimate of drug-likeness (QED) is 0.272. The van der Waals surface area contributed by atoms with Crippen LogP contribution in [0.2, 0.25) is 0 Å². The Morgan fingerprint density at radius 3 is 2.82 bits per heavy atom. The van der Waals surface area contributed by atoms with Gasteiger partial charge in [0, 0.05) is 6.61 Å². The van der Waals surface area contributed by atoms with Gasteiger partial charge in [-0.15, -0.1) is 11.8 Å². The molecule has 0 aliphatic carbocycles. The molecule has 1 unspecified atom stereocenters. The van der Waals surface area contributed by atoms with E-state index in [1.807, 2.05) is 6.26 Å². The molecule has 2 rings (SSSR count). The third-order valence-electron chi connectivity index (χ3n) is 2.98. The number of aromatic nitrogens is 4. The zero-order valence-corrected chi connectivity index (χ0v) is 13.6. The van der Waals surface area contributed by atoms with Gasteiger partial charge in [0.05, 0.1) is 19.0 Å². The number of rotatable bonds is 8. The predicted octanol–water partition coefficient (Wildman–Crippen LogP) is 0.623. The second-order valence-electron chi connectivity index (χ2n) is 4.53. The zero-order valence-electron chi connectivity index (χ0n) is 11.9. The minimum atomic E-state index is -4.17. The summed E-state index contributed by atoms with van der Waals surface area (Å²) < 4.78 is 17.4. The minimum Gasteiger partial charge on any atom is -0.394 e. The van der Waals surface area contributed by atoms with Gasteiger partial charge in [0.1, 0.15) is 23.2 Å². The first-order valence-electron chi connectivity index (χ1n) is 6.41. The molecule has 0 aromatic carbocycles. The number of hydrogen-bond acceptors (Lipinski definition) is 7. The zero-order chi connectivity index (χ0) is 16.2. The van der Waals surface area contributed by atoms with Crippen LogP contribution >= 0.6 is 19.4 Å². The third kappa shape index (κ3) is 4.25. The highest BCUT2D eigenvalue weighted by Gasteiger charge is 2.18. The molecule has 122 valence electrons. The highest BCUT2D eigenvalue weighted by molar-refractivity contribution is 7.98. The lowest BCUT2D eigenvalue weighted by Crippen LogP contribution is -2.15. The predicted molar refractivity (Wildman–Crippen MR) is 80.7 cm³/mol. The second-order valence-corrected chi connectivity index (χ2v) is 6.92. The van der Waals surface area contributed by atoms with E-state index in [1.165, 1.54) is 18.1 Å².